The second-order valence-corrected chi connectivity index (χ2v) is 3.71. The van der Waals surface area contributed by atoms with Gasteiger partial charge in [-0.3, -0.25) is 4.79 Å². The minimum absolute atomic E-state index is 0.414. The molecule has 4 heteroatoms. The van der Waals surface area contributed by atoms with E-state index in [4.69, 9.17) is 23.8 Å². The number of carbonyl (C=O) groups excluding carboxylic acids is 1. The summed E-state index contributed by atoms with van der Waals surface area (Å²) in [6.07, 6.45) is 5.80. The van der Waals surface area contributed by atoms with Gasteiger partial charge in [0.1, 0.15) is 0 Å². The fourth-order valence-electron chi connectivity index (χ4n) is 1.23. The molecule has 0 saturated carbocycles. The fraction of sp³-hybridized carbons (Fsp3) is 0.250. The SMILES string of the molecule is C#CCCNCc1ccc(C(N)=O)cc1Cl. The zero-order valence-electron chi connectivity index (χ0n) is 8.79. The first-order valence-corrected chi connectivity index (χ1v) is 5.25. The number of primary amides is 1. The van der Waals surface area contributed by atoms with Crippen molar-refractivity contribution in [3.05, 3.63) is 34.3 Å². The smallest absolute Gasteiger partial charge is 0.248 e. The summed E-state index contributed by atoms with van der Waals surface area (Å²) in [5.74, 6) is 2.06. The lowest BCUT2D eigenvalue weighted by atomic mass is 10.1. The molecular weight excluding hydrogens is 224 g/mol. The number of nitrogens with one attached hydrogen (secondary N) is 1. The Bertz CT molecular complexity index is 424. The van der Waals surface area contributed by atoms with Gasteiger partial charge in [0.2, 0.25) is 5.91 Å². The molecule has 0 heterocycles. The minimum atomic E-state index is -0.478. The number of terminal acetylenes is 1. The topological polar surface area (TPSA) is 55.1 Å². The molecule has 0 aliphatic carbocycles. The normalized spacial score (nSPS) is 9.75. The molecule has 0 fully saturated rings. The number of rotatable bonds is 5. The number of hydrogen-bond acceptors (Lipinski definition) is 2. The largest absolute Gasteiger partial charge is 0.366 e. The summed E-state index contributed by atoms with van der Waals surface area (Å²) >= 11 is 6.00. The van der Waals surface area contributed by atoms with Crippen LogP contribution < -0.4 is 11.1 Å². The molecule has 84 valence electrons. The van der Waals surface area contributed by atoms with Gasteiger partial charge in [-0.25, -0.2) is 0 Å². The molecule has 1 amide bonds. The van der Waals surface area contributed by atoms with Gasteiger partial charge in [0.25, 0.3) is 0 Å². The molecule has 0 atom stereocenters. The van der Waals surface area contributed by atoms with E-state index in [1.807, 2.05) is 0 Å². The molecule has 1 rings (SSSR count). The summed E-state index contributed by atoms with van der Waals surface area (Å²) < 4.78 is 0. The highest BCUT2D eigenvalue weighted by Crippen LogP contribution is 2.17. The van der Waals surface area contributed by atoms with Gasteiger partial charge in [0.05, 0.1) is 0 Å². The molecule has 0 spiro atoms. The summed E-state index contributed by atoms with van der Waals surface area (Å²) in [5, 5.41) is 3.68. The van der Waals surface area contributed by atoms with Crippen molar-refractivity contribution in [1.82, 2.24) is 5.32 Å². The van der Waals surface area contributed by atoms with Crippen LogP contribution >= 0.6 is 11.6 Å². The summed E-state index contributed by atoms with van der Waals surface area (Å²) in [5.41, 5.74) is 6.47. The van der Waals surface area contributed by atoms with Crippen molar-refractivity contribution in [2.24, 2.45) is 5.73 Å². The van der Waals surface area contributed by atoms with E-state index < -0.39 is 5.91 Å². The first-order valence-electron chi connectivity index (χ1n) is 4.87. The maximum absolute atomic E-state index is 10.9. The van der Waals surface area contributed by atoms with Crippen molar-refractivity contribution in [2.45, 2.75) is 13.0 Å². The summed E-state index contributed by atoms with van der Waals surface area (Å²) in [7, 11) is 0. The highest BCUT2D eigenvalue weighted by atomic mass is 35.5. The van der Waals surface area contributed by atoms with Crippen molar-refractivity contribution in [3.63, 3.8) is 0 Å². The number of halogens is 1. The van der Waals surface area contributed by atoms with E-state index >= 15 is 0 Å². The van der Waals surface area contributed by atoms with Gasteiger partial charge in [0, 0.05) is 30.1 Å². The van der Waals surface area contributed by atoms with Crippen molar-refractivity contribution in [2.75, 3.05) is 6.54 Å². The Morgan fingerprint density at radius 1 is 1.56 bits per heavy atom. The van der Waals surface area contributed by atoms with E-state index in [1.165, 1.54) is 0 Å². The van der Waals surface area contributed by atoms with Crippen molar-refractivity contribution in [3.8, 4) is 12.3 Å². The molecule has 0 saturated heterocycles. The summed E-state index contributed by atoms with van der Waals surface area (Å²) in [4.78, 5) is 10.9. The van der Waals surface area contributed by atoms with Crippen LogP contribution in [-0.4, -0.2) is 12.5 Å². The second-order valence-electron chi connectivity index (χ2n) is 3.30. The predicted octanol–water partition coefficient (Wildman–Crippen LogP) is 1.55. The molecule has 0 aromatic heterocycles. The number of amides is 1. The average Bonchev–Trinajstić information content (AvgIpc) is 2.26. The van der Waals surface area contributed by atoms with Crippen molar-refractivity contribution < 1.29 is 4.79 Å². The zero-order chi connectivity index (χ0) is 12.0. The molecule has 0 aliphatic heterocycles. The van der Waals surface area contributed by atoms with Crippen LogP contribution in [0.3, 0.4) is 0 Å². The molecule has 0 unspecified atom stereocenters. The van der Waals surface area contributed by atoms with Gasteiger partial charge in [0.15, 0.2) is 0 Å². The Labute approximate surface area is 100.0 Å². The number of nitrogens with two attached hydrogens (primary N) is 1. The third kappa shape index (κ3) is 3.58. The highest BCUT2D eigenvalue weighted by Gasteiger charge is 2.04. The Morgan fingerprint density at radius 2 is 2.31 bits per heavy atom. The van der Waals surface area contributed by atoms with Gasteiger partial charge >= 0.3 is 0 Å². The van der Waals surface area contributed by atoms with Crippen LogP contribution in [0.25, 0.3) is 0 Å². The Morgan fingerprint density at radius 3 is 2.88 bits per heavy atom. The molecule has 0 radical (unpaired) electrons. The van der Waals surface area contributed by atoms with Crippen LogP contribution in [0.2, 0.25) is 5.02 Å². The Balaban J connectivity index is 2.62. The lowest BCUT2D eigenvalue weighted by Crippen LogP contribution is -2.15. The quantitative estimate of drug-likeness (QED) is 0.602. The monoisotopic (exact) mass is 236 g/mol. The standard InChI is InChI=1S/C12H13ClN2O/c1-2-3-6-15-8-10-5-4-9(12(14)16)7-11(10)13/h1,4-5,7,15H,3,6,8H2,(H2,14,16). The molecule has 1 aromatic carbocycles. The Hall–Kier alpha value is -1.50. The minimum Gasteiger partial charge on any atom is -0.366 e. The molecular formula is C12H13ClN2O. The average molecular weight is 237 g/mol. The number of hydrogen-bond donors (Lipinski definition) is 2. The van der Waals surface area contributed by atoms with E-state index in [2.05, 4.69) is 11.2 Å². The van der Waals surface area contributed by atoms with Gasteiger partial charge < -0.3 is 11.1 Å². The van der Waals surface area contributed by atoms with Crippen molar-refractivity contribution >= 4 is 17.5 Å². The predicted molar refractivity (Wildman–Crippen MR) is 65.1 cm³/mol. The molecule has 3 N–H and O–H groups in total. The van der Waals surface area contributed by atoms with E-state index in [0.717, 1.165) is 12.1 Å². The van der Waals surface area contributed by atoms with E-state index in [-0.39, 0.29) is 0 Å². The molecule has 1 aromatic rings. The number of benzene rings is 1. The van der Waals surface area contributed by atoms with Crippen LogP contribution in [0.5, 0.6) is 0 Å². The maximum atomic E-state index is 10.9. The van der Waals surface area contributed by atoms with Crippen LogP contribution in [0.1, 0.15) is 22.3 Å². The van der Waals surface area contributed by atoms with E-state index in [1.54, 1.807) is 18.2 Å². The van der Waals surface area contributed by atoms with E-state index in [0.29, 0.717) is 23.6 Å². The molecule has 0 bridgehead atoms. The van der Waals surface area contributed by atoms with Crippen LogP contribution in [0.4, 0.5) is 0 Å². The van der Waals surface area contributed by atoms with E-state index in [9.17, 15) is 4.79 Å². The lowest BCUT2D eigenvalue weighted by Gasteiger charge is -2.06. The third-order valence-electron chi connectivity index (χ3n) is 2.10. The summed E-state index contributed by atoms with van der Waals surface area (Å²) in [6, 6.07) is 5.01. The molecule has 16 heavy (non-hydrogen) atoms. The van der Waals surface area contributed by atoms with Crippen molar-refractivity contribution in [1.29, 1.82) is 0 Å². The van der Waals surface area contributed by atoms with Gasteiger partial charge in [-0.15, -0.1) is 12.3 Å². The van der Waals surface area contributed by atoms with Crippen LogP contribution in [0, 0.1) is 12.3 Å². The first kappa shape index (κ1) is 12.6. The van der Waals surface area contributed by atoms with Gasteiger partial charge in [-0.05, 0) is 17.7 Å². The molecule has 3 nitrogen and oxygen atoms in total. The van der Waals surface area contributed by atoms with Gasteiger partial charge in [-0.2, -0.15) is 0 Å². The molecule has 0 aliphatic rings. The maximum Gasteiger partial charge on any atom is 0.248 e. The fourth-order valence-corrected chi connectivity index (χ4v) is 1.47. The summed E-state index contributed by atoms with van der Waals surface area (Å²) in [6.45, 7) is 1.37. The highest BCUT2D eigenvalue weighted by molar-refractivity contribution is 6.31. The number of carbonyl (C=O) groups is 1. The van der Waals surface area contributed by atoms with Crippen LogP contribution in [-0.2, 0) is 6.54 Å². The lowest BCUT2D eigenvalue weighted by molar-refractivity contribution is 0.100. The van der Waals surface area contributed by atoms with Crippen LogP contribution in [0.15, 0.2) is 18.2 Å². The Kier molecular flexibility index (Phi) is 4.84. The van der Waals surface area contributed by atoms with Gasteiger partial charge in [-0.1, -0.05) is 17.7 Å². The zero-order valence-corrected chi connectivity index (χ0v) is 9.55. The third-order valence-corrected chi connectivity index (χ3v) is 2.45. The first-order chi connectivity index (χ1) is 7.65. The second kappa shape index (κ2) is 6.16.